The number of hydrogen-bond acceptors (Lipinski definition) is 2. The van der Waals surface area contributed by atoms with Crippen LogP contribution in [0, 0.1) is 23.7 Å². The summed E-state index contributed by atoms with van der Waals surface area (Å²) in [6.45, 7) is 11.6. The lowest BCUT2D eigenvalue weighted by atomic mass is 9.78. The zero-order valence-corrected chi connectivity index (χ0v) is 13.7. The van der Waals surface area contributed by atoms with Gasteiger partial charge in [-0.15, -0.1) is 0 Å². The molecular weight excluding hydrogens is 248 g/mol. The lowest BCUT2D eigenvalue weighted by Gasteiger charge is -2.37. The Morgan fingerprint density at radius 3 is 2.40 bits per heavy atom. The molecule has 1 saturated heterocycles. The van der Waals surface area contributed by atoms with Crippen LogP contribution in [0.2, 0.25) is 0 Å². The van der Waals surface area contributed by atoms with Crippen LogP contribution < -0.4 is 5.32 Å². The first kappa shape index (κ1) is 15.8. The molecule has 0 aromatic heterocycles. The Morgan fingerprint density at radius 2 is 1.75 bits per heavy atom. The van der Waals surface area contributed by atoms with Crippen LogP contribution in [0.4, 0.5) is 0 Å². The van der Waals surface area contributed by atoms with E-state index in [2.05, 4.69) is 37.9 Å². The molecule has 1 saturated carbocycles. The molecule has 1 aliphatic carbocycles. The smallest absolute Gasteiger partial charge is 0.236 e. The van der Waals surface area contributed by atoms with E-state index in [1.54, 1.807) is 0 Å². The van der Waals surface area contributed by atoms with Crippen molar-refractivity contribution in [2.45, 2.75) is 59.4 Å². The summed E-state index contributed by atoms with van der Waals surface area (Å²) in [5.41, 5.74) is 0. The third-order valence-corrected chi connectivity index (χ3v) is 5.44. The van der Waals surface area contributed by atoms with Crippen LogP contribution in [0.3, 0.4) is 0 Å². The van der Waals surface area contributed by atoms with Crippen molar-refractivity contribution in [3.05, 3.63) is 0 Å². The number of carbonyl (C=O) groups is 1. The normalized spacial score (nSPS) is 38.8. The fourth-order valence-electron chi connectivity index (χ4n) is 4.07. The van der Waals surface area contributed by atoms with Gasteiger partial charge in [0, 0.05) is 19.1 Å². The lowest BCUT2D eigenvalue weighted by Crippen LogP contribution is -2.49. The first-order valence-corrected chi connectivity index (χ1v) is 8.48. The van der Waals surface area contributed by atoms with E-state index in [-0.39, 0.29) is 0 Å². The van der Waals surface area contributed by atoms with Gasteiger partial charge in [0.2, 0.25) is 5.91 Å². The van der Waals surface area contributed by atoms with Gasteiger partial charge in [0.1, 0.15) is 0 Å². The number of hydrogen-bond donors (Lipinski definition) is 1. The van der Waals surface area contributed by atoms with Crippen molar-refractivity contribution >= 4 is 5.91 Å². The highest BCUT2D eigenvalue weighted by molar-refractivity contribution is 5.78. The first-order valence-electron chi connectivity index (χ1n) is 8.48. The van der Waals surface area contributed by atoms with Crippen molar-refractivity contribution in [2.75, 3.05) is 19.6 Å². The average molecular weight is 280 g/mol. The van der Waals surface area contributed by atoms with Gasteiger partial charge in [-0.2, -0.15) is 0 Å². The molecule has 5 unspecified atom stereocenters. The van der Waals surface area contributed by atoms with E-state index in [1.165, 1.54) is 25.7 Å². The Morgan fingerprint density at radius 1 is 1.10 bits per heavy atom. The third kappa shape index (κ3) is 3.97. The summed E-state index contributed by atoms with van der Waals surface area (Å²) in [6, 6.07) is 0.530. The molecule has 0 aromatic rings. The Hall–Kier alpha value is -0.570. The van der Waals surface area contributed by atoms with Crippen molar-refractivity contribution in [1.82, 2.24) is 10.2 Å². The predicted molar refractivity (Wildman–Crippen MR) is 83.5 cm³/mol. The number of nitrogens with zero attached hydrogens (tertiary/aromatic N) is 1. The van der Waals surface area contributed by atoms with Gasteiger partial charge in [0.25, 0.3) is 0 Å². The molecule has 0 radical (unpaired) electrons. The van der Waals surface area contributed by atoms with Crippen LogP contribution in [-0.2, 0) is 4.79 Å². The molecule has 2 fully saturated rings. The molecule has 2 rings (SSSR count). The average Bonchev–Trinajstić information content (AvgIpc) is 2.39. The maximum atomic E-state index is 12.4. The van der Waals surface area contributed by atoms with Crippen molar-refractivity contribution in [1.29, 1.82) is 0 Å². The topological polar surface area (TPSA) is 32.3 Å². The zero-order valence-electron chi connectivity index (χ0n) is 13.7. The number of piperidine rings is 1. The molecule has 1 aliphatic heterocycles. The summed E-state index contributed by atoms with van der Waals surface area (Å²) in [5.74, 6) is 3.07. The summed E-state index contributed by atoms with van der Waals surface area (Å²) in [4.78, 5) is 14.5. The van der Waals surface area contributed by atoms with Gasteiger partial charge in [-0.3, -0.25) is 4.79 Å². The maximum absolute atomic E-state index is 12.4. The third-order valence-electron chi connectivity index (χ3n) is 5.44. The van der Waals surface area contributed by atoms with Crippen LogP contribution in [-0.4, -0.2) is 36.5 Å². The minimum atomic E-state index is 0.300. The van der Waals surface area contributed by atoms with E-state index in [9.17, 15) is 4.79 Å². The van der Waals surface area contributed by atoms with E-state index in [0.29, 0.717) is 36.2 Å². The molecule has 1 amide bonds. The van der Waals surface area contributed by atoms with Gasteiger partial charge in [0.15, 0.2) is 0 Å². The largest absolute Gasteiger partial charge is 0.341 e. The van der Waals surface area contributed by atoms with Crippen LogP contribution in [0.5, 0.6) is 0 Å². The van der Waals surface area contributed by atoms with Crippen molar-refractivity contribution in [3.63, 3.8) is 0 Å². The van der Waals surface area contributed by atoms with Gasteiger partial charge in [0.05, 0.1) is 6.54 Å². The number of carbonyl (C=O) groups excluding carboxylic acids is 1. The summed E-state index contributed by atoms with van der Waals surface area (Å²) < 4.78 is 0. The number of rotatable bonds is 3. The number of likely N-dealkylation sites (tertiary alicyclic amines) is 1. The standard InChI is InChI=1S/C17H32N2O/c1-12-8-13(2)11-19(10-12)17(20)9-18-16-7-5-6-14(3)15(16)4/h12-16,18H,5-11H2,1-4H3. The van der Waals surface area contributed by atoms with Crippen molar-refractivity contribution < 1.29 is 4.79 Å². The van der Waals surface area contributed by atoms with Crippen LogP contribution in [0.1, 0.15) is 53.4 Å². The van der Waals surface area contributed by atoms with E-state index < -0.39 is 0 Å². The molecule has 0 bridgehead atoms. The van der Waals surface area contributed by atoms with Crippen LogP contribution in [0.25, 0.3) is 0 Å². The molecular formula is C17H32N2O. The molecule has 0 aromatic carbocycles. The highest BCUT2D eigenvalue weighted by atomic mass is 16.2. The highest BCUT2D eigenvalue weighted by Crippen LogP contribution is 2.29. The Labute approximate surface area is 124 Å². The SMILES string of the molecule is CC1CC(C)CN(C(=O)CNC2CCCC(C)C2C)C1. The monoisotopic (exact) mass is 280 g/mol. The molecule has 2 aliphatic rings. The van der Waals surface area contributed by atoms with E-state index in [4.69, 9.17) is 0 Å². The lowest BCUT2D eigenvalue weighted by molar-refractivity contribution is -0.133. The second kappa shape index (κ2) is 6.93. The van der Waals surface area contributed by atoms with E-state index in [0.717, 1.165) is 19.0 Å². The van der Waals surface area contributed by atoms with Gasteiger partial charge >= 0.3 is 0 Å². The highest BCUT2D eigenvalue weighted by Gasteiger charge is 2.29. The van der Waals surface area contributed by atoms with E-state index >= 15 is 0 Å². The molecule has 1 N–H and O–H groups in total. The quantitative estimate of drug-likeness (QED) is 0.862. The molecule has 3 heteroatoms. The second-order valence-corrected chi connectivity index (χ2v) is 7.50. The first-order chi connectivity index (χ1) is 9.47. The maximum Gasteiger partial charge on any atom is 0.236 e. The fraction of sp³-hybridized carbons (Fsp3) is 0.941. The molecule has 1 heterocycles. The van der Waals surface area contributed by atoms with Crippen molar-refractivity contribution in [2.24, 2.45) is 23.7 Å². The van der Waals surface area contributed by atoms with E-state index in [1.807, 2.05) is 0 Å². The minimum absolute atomic E-state index is 0.300. The number of amides is 1. The summed E-state index contributed by atoms with van der Waals surface area (Å²) in [6.07, 6.45) is 5.13. The van der Waals surface area contributed by atoms with Crippen LogP contribution >= 0.6 is 0 Å². The Kier molecular flexibility index (Phi) is 5.48. The Balaban J connectivity index is 1.79. The molecule has 0 spiro atoms. The molecule has 116 valence electrons. The molecule has 5 atom stereocenters. The summed E-state index contributed by atoms with van der Waals surface area (Å²) in [7, 11) is 0. The zero-order chi connectivity index (χ0) is 14.7. The predicted octanol–water partition coefficient (Wildman–Crippen LogP) is 2.91. The Bertz CT molecular complexity index is 321. The van der Waals surface area contributed by atoms with Gasteiger partial charge < -0.3 is 10.2 Å². The van der Waals surface area contributed by atoms with Gasteiger partial charge in [-0.1, -0.05) is 40.5 Å². The fourth-order valence-corrected chi connectivity index (χ4v) is 4.07. The second-order valence-electron chi connectivity index (χ2n) is 7.50. The minimum Gasteiger partial charge on any atom is -0.341 e. The van der Waals surface area contributed by atoms with Crippen LogP contribution in [0.15, 0.2) is 0 Å². The van der Waals surface area contributed by atoms with Crippen molar-refractivity contribution in [3.8, 4) is 0 Å². The van der Waals surface area contributed by atoms with Gasteiger partial charge in [-0.25, -0.2) is 0 Å². The molecule has 3 nitrogen and oxygen atoms in total. The van der Waals surface area contributed by atoms with Gasteiger partial charge in [-0.05, 0) is 36.5 Å². The summed E-state index contributed by atoms with van der Waals surface area (Å²) >= 11 is 0. The summed E-state index contributed by atoms with van der Waals surface area (Å²) in [5, 5.41) is 3.54. The molecule has 20 heavy (non-hydrogen) atoms. The number of nitrogens with one attached hydrogen (secondary N) is 1.